The van der Waals surface area contributed by atoms with Crippen molar-refractivity contribution >= 4 is 22.8 Å². The predicted molar refractivity (Wildman–Crippen MR) is 55.7 cm³/mol. The van der Waals surface area contributed by atoms with Gasteiger partial charge in [-0.05, 0) is 5.92 Å². The highest BCUT2D eigenvalue weighted by molar-refractivity contribution is 8.14. The smallest absolute Gasteiger partial charge is 0.236 e. The summed E-state index contributed by atoms with van der Waals surface area (Å²) in [7, 11) is 0. The first-order valence-electron chi connectivity index (χ1n) is 4.33. The second kappa shape index (κ2) is 4.50. The van der Waals surface area contributed by atoms with Gasteiger partial charge in [-0.25, -0.2) is 0 Å². The molecule has 5 heteroatoms. The summed E-state index contributed by atoms with van der Waals surface area (Å²) in [4.78, 5) is 14.7. The van der Waals surface area contributed by atoms with Crippen molar-refractivity contribution in [2.75, 3.05) is 13.1 Å². The van der Waals surface area contributed by atoms with Crippen molar-refractivity contribution in [3.63, 3.8) is 0 Å². The van der Waals surface area contributed by atoms with Gasteiger partial charge in [0.25, 0.3) is 0 Å². The molecule has 74 valence electrons. The Balaban J connectivity index is 2.28. The molecule has 1 heterocycles. The van der Waals surface area contributed by atoms with Crippen molar-refractivity contribution in [1.82, 2.24) is 5.32 Å². The van der Waals surface area contributed by atoms with Crippen LogP contribution in [0.1, 0.15) is 13.8 Å². The van der Waals surface area contributed by atoms with Crippen LogP contribution in [0.5, 0.6) is 0 Å². The number of nitrogens with two attached hydrogens (primary N) is 1. The van der Waals surface area contributed by atoms with Gasteiger partial charge in [0.05, 0.1) is 13.1 Å². The van der Waals surface area contributed by atoms with Gasteiger partial charge < -0.3 is 11.1 Å². The maximum Gasteiger partial charge on any atom is 0.236 e. The Kier molecular flexibility index (Phi) is 3.59. The Hall–Kier alpha value is -0.710. The SMILES string of the molecule is CC(C)C1CN=C(NCC(N)=O)S1. The van der Waals surface area contributed by atoms with E-state index in [0.717, 1.165) is 11.7 Å². The van der Waals surface area contributed by atoms with E-state index in [0.29, 0.717) is 11.2 Å². The largest absolute Gasteiger partial charge is 0.368 e. The molecule has 3 N–H and O–H groups in total. The molecule has 0 bridgehead atoms. The van der Waals surface area contributed by atoms with E-state index >= 15 is 0 Å². The van der Waals surface area contributed by atoms with Gasteiger partial charge in [-0.3, -0.25) is 9.79 Å². The summed E-state index contributed by atoms with van der Waals surface area (Å²) in [5.41, 5.74) is 5.00. The molecule has 0 aromatic rings. The topological polar surface area (TPSA) is 67.5 Å². The molecule has 0 aromatic carbocycles. The van der Waals surface area contributed by atoms with E-state index in [2.05, 4.69) is 24.2 Å². The normalized spacial score (nSPS) is 21.8. The van der Waals surface area contributed by atoms with E-state index in [1.807, 2.05) is 0 Å². The fourth-order valence-electron chi connectivity index (χ4n) is 0.998. The highest BCUT2D eigenvalue weighted by Gasteiger charge is 2.22. The summed E-state index contributed by atoms with van der Waals surface area (Å²) >= 11 is 1.69. The Morgan fingerprint density at radius 1 is 1.85 bits per heavy atom. The first kappa shape index (κ1) is 10.4. The number of rotatable bonds is 3. The summed E-state index contributed by atoms with van der Waals surface area (Å²) in [5.74, 6) is 0.262. The lowest BCUT2D eigenvalue weighted by Gasteiger charge is -2.11. The van der Waals surface area contributed by atoms with Gasteiger partial charge in [-0.15, -0.1) is 0 Å². The van der Waals surface area contributed by atoms with Gasteiger partial charge in [0.1, 0.15) is 0 Å². The van der Waals surface area contributed by atoms with Crippen LogP contribution < -0.4 is 11.1 Å². The average Bonchev–Trinajstić information content (AvgIpc) is 2.48. The number of carbonyl (C=O) groups excluding carboxylic acids is 1. The van der Waals surface area contributed by atoms with E-state index in [-0.39, 0.29) is 12.5 Å². The first-order chi connectivity index (χ1) is 6.09. The van der Waals surface area contributed by atoms with Crippen LogP contribution in [0, 0.1) is 5.92 Å². The molecule has 0 radical (unpaired) electrons. The monoisotopic (exact) mass is 201 g/mol. The lowest BCUT2D eigenvalue weighted by atomic mass is 10.1. The molecule has 1 aliphatic rings. The molecule has 0 fully saturated rings. The minimum absolute atomic E-state index is 0.177. The van der Waals surface area contributed by atoms with Crippen LogP contribution in [0.15, 0.2) is 4.99 Å². The zero-order chi connectivity index (χ0) is 9.84. The Morgan fingerprint density at radius 2 is 2.54 bits per heavy atom. The highest BCUT2D eigenvalue weighted by atomic mass is 32.2. The molecule has 13 heavy (non-hydrogen) atoms. The molecule has 1 aliphatic heterocycles. The van der Waals surface area contributed by atoms with Crippen LogP contribution in [0.3, 0.4) is 0 Å². The molecule has 1 atom stereocenters. The number of primary amides is 1. The van der Waals surface area contributed by atoms with Gasteiger partial charge >= 0.3 is 0 Å². The third-order valence-electron chi connectivity index (χ3n) is 1.84. The van der Waals surface area contributed by atoms with Gasteiger partial charge in [-0.2, -0.15) is 0 Å². The number of amides is 1. The molecular weight excluding hydrogens is 186 g/mol. The number of thioether (sulfide) groups is 1. The number of nitrogens with one attached hydrogen (secondary N) is 1. The number of nitrogens with zero attached hydrogens (tertiary/aromatic N) is 1. The summed E-state index contributed by atoms with van der Waals surface area (Å²) in [5, 5.41) is 4.29. The molecule has 0 aromatic heterocycles. The number of hydrogen-bond donors (Lipinski definition) is 2. The Bertz CT molecular complexity index is 227. The molecule has 0 saturated carbocycles. The van der Waals surface area contributed by atoms with Crippen molar-refractivity contribution in [1.29, 1.82) is 0 Å². The fourth-order valence-corrected chi connectivity index (χ4v) is 2.01. The van der Waals surface area contributed by atoms with Gasteiger partial charge in [0, 0.05) is 5.25 Å². The lowest BCUT2D eigenvalue weighted by molar-refractivity contribution is -0.116. The third kappa shape index (κ3) is 3.26. The van der Waals surface area contributed by atoms with Crippen LogP contribution in [0.4, 0.5) is 0 Å². The van der Waals surface area contributed by atoms with E-state index in [9.17, 15) is 4.79 Å². The van der Waals surface area contributed by atoms with Crippen LogP contribution in [-0.2, 0) is 4.79 Å². The van der Waals surface area contributed by atoms with Crippen LogP contribution >= 0.6 is 11.8 Å². The molecule has 4 nitrogen and oxygen atoms in total. The Labute approximate surface area is 82.4 Å². The third-order valence-corrected chi connectivity index (χ3v) is 3.33. The van der Waals surface area contributed by atoms with E-state index in [1.165, 1.54) is 0 Å². The standard InChI is InChI=1S/C8H15N3OS/c1-5(2)6-3-10-8(13-6)11-4-7(9)12/h5-6H,3-4H2,1-2H3,(H2,9,12)(H,10,11). The molecule has 0 saturated heterocycles. The Morgan fingerprint density at radius 3 is 3.00 bits per heavy atom. The van der Waals surface area contributed by atoms with Crippen molar-refractivity contribution in [2.45, 2.75) is 19.1 Å². The number of amidine groups is 1. The minimum atomic E-state index is -0.351. The second-order valence-electron chi connectivity index (χ2n) is 3.37. The summed E-state index contributed by atoms with van der Waals surface area (Å²) < 4.78 is 0. The van der Waals surface area contributed by atoms with Gasteiger partial charge in [-0.1, -0.05) is 25.6 Å². The number of carbonyl (C=O) groups is 1. The zero-order valence-corrected chi connectivity index (χ0v) is 8.73. The summed E-state index contributed by atoms with van der Waals surface area (Å²) in [6.07, 6.45) is 0. The van der Waals surface area contributed by atoms with Crippen LogP contribution in [0.25, 0.3) is 0 Å². The molecule has 0 aliphatic carbocycles. The highest BCUT2D eigenvalue weighted by Crippen LogP contribution is 2.25. The van der Waals surface area contributed by atoms with Crippen LogP contribution in [0.2, 0.25) is 0 Å². The molecule has 0 spiro atoms. The average molecular weight is 201 g/mol. The second-order valence-corrected chi connectivity index (χ2v) is 4.59. The summed E-state index contributed by atoms with van der Waals surface area (Å²) in [6.45, 7) is 5.36. The van der Waals surface area contributed by atoms with Crippen molar-refractivity contribution in [3.05, 3.63) is 0 Å². The molecule has 1 amide bonds. The quantitative estimate of drug-likeness (QED) is 0.685. The summed E-state index contributed by atoms with van der Waals surface area (Å²) in [6, 6.07) is 0. The van der Waals surface area contributed by atoms with Gasteiger partial charge in [0.15, 0.2) is 5.17 Å². The van der Waals surface area contributed by atoms with Crippen molar-refractivity contribution in [2.24, 2.45) is 16.6 Å². The lowest BCUT2D eigenvalue weighted by Crippen LogP contribution is -2.31. The first-order valence-corrected chi connectivity index (χ1v) is 5.21. The molecule has 1 unspecified atom stereocenters. The minimum Gasteiger partial charge on any atom is -0.368 e. The van der Waals surface area contributed by atoms with Crippen molar-refractivity contribution < 1.29 is 4.79 Å². The van der Waals surface area contributed by atoms with Gasteiger partial charge in [0.2, 0.25) is 5.91 Å². The van der Waals surface area contributed by atoms with Crippen molar-refractivity contribution in [3.8, 4) is 0 Å². The number of aliphatic imine (C=N–C) groups is 1. The van der Waals surface area contributed by atoms with Crippen LogP contribution in [-0.4, -0.2) is 29.4 Å². The molecule has 1 rings (SSSR count). The van der Waals surface area contributed by atoms with E-state index in [4.69, 9.17) is 5.73 Å². The predicted octanol–water partition coefficient (Wildman–Crippen LogP) is 0.189. The number of hydrogen-bond acceptors (Lipinski definition) is 4. The maximum atomic E-state index is 10.5. The maximum absolute atomic E-state index is 10.5. The molecular formula is C8H15N3OS. The van der Waals surface area contributed by atoms with E-state index in [1.54, 1.807) is 11.8 Å². The van der Waals surface area contributed by atoms with E-state index < -0.39 is 0 Å². The fraction of sp³-hybridized carbons (Fsp3) is 0.750. The zero-order valence-electron chi connectivity index (χ0n) is 7.91.